The van der Waals surface area contributed by atoms with Crippen LogP contribution in [0.3, 0.4) is 0 Å². The lowest BCUT2D eigenvalue weighted by Gasteiger charge is -2.35. The van der Waals surface area contributed by atoms with Gasteiger partial charge in [-0.05, 0) is 16.8 Å². The monoisotopic (exact) mass is 347 g/mol. The molecule has 1 amide bonds. The summed E-state index contributed by atoms with van der Waals surface area (Å²) in [6, 6.07) is 15.9. The molecule has 0 aliphatic carbocycles. The minimum Gasteiger partial charge on any atom is -0.373 e. The van der Waals surface area contributed by atoms with Gasteiger partial charge in [0.15, 0.2) is 0 Å². The van der Waals surface area contributed by atoms with Gasteiger partial charge in [0, 0.05) is 44.9 Å². The summed E-state index contributed by atoms with van der Waals surface area (Å²) in [7, 11) is 1.84. The molecule has 1 aromatic heterocycles. The summed E-state index contributed by atoms with van der Waals surface area (Å²) in [4.78, 5) is 25.7. The molecule has 4 rings (SSSR count). The fourth-order valence-corrected chi connectivity index (χ4v) is 3.38. The van der Waals surface area contributed by atoms with E-state index in [0.717, 1.165) is 41.1 Å². The molecule has 2 heterocycles. The molecule has 1 N–H and O–H groups in total. The number of nitrogens with one attached hydrogen (secondary N) is 1. The van der Waals surface area contributed by atoms with Gasteiger partial charge < -0.3 is 15.1 Å². The zero-order valence-electron chi connectivity index (χ0n) is 14.7. The fourth-order valence-electron chi connectivity index (χ4n) is 3.38. The molecule has 0 radical (unpaired) electrons. The molecule has 2 aromatic carbocycles. The number of carbonyl (C=O) groups is 1. The smallest absolute Gasteiger partial charge is 0.254 e. The average Bonchev–Trinajstić information content (AvgIpc) is 2.73. The molecule has 1 aliphatic rings. The number of rotatable bonds is 3. The number of hydrogen-bond donors (Lipinski definition) is 1. The highest BCUT2D eigenvalue weighted by atomic mass is 16.2. The van der Waals surface area contributed by atoms with Crippen molar-refractivity contribution in [3.05, 3.63) is 60.4 Å². The van der Waals surface area contributed by atoms with Gasteiger partial charge in [-0.25, -0.2) is 9.97 Å². The van der Waals surface area contributed by atoms with E-state index in [2.05, 4.69) is 20.2 Å². The number of hydrogen-bond acceptors (Lipinski definition) is 5. The van der Waals surface area contributed by atoms with Crippen molar-refractivity contribution in [2.75, 3.05) is 43.4 Å². The highest BCUT2D eigenvalue weighted by Gasteiger charge is 2.24. The Morgan fingerprint density at radius 2 is 1.77 bits per heavy atom. The lowest BCUT2D eigenvalue weighted by molar-refractivity contribution is 0.0748. The van der Waals surface area contributed by atoms with Crippen molar-refractivity contribution in [3.63, 3.8) is 0 Å². The molecule has 6 nitrogen and oxygen atoms in total. The molecule has 26 heavy (non-hydrogen) atoms. The van der Waals surface area contributed by atoms with Crippen LogP contribution in [0.1, 0.15) is 10.4 Å². The molecular weight excluding hydrogens is 326 g/mol. The number of nitrogens with zero attached hydrogens (tertiary/aromatic N) is 4. The van der Waals surface area contributed by atoms with Crippen LogP contribution in [0.2, 0.25) is 0 Å². The first kappa shape index (κ1) is 16.3. The number of fused-ring (bicyclic) bond motifs is 1. The van der Waals surface area contributed by atoms with E-state index in [4.69, 9.17) is 0 Å². The van der Waals surface area contributed by atoms with E-state index < -0.39 is 0 Å². The fraction of sp³-hybridized carbons (Fsp3) is 0.250. The average molecular weight is 347 g/mol. The van der Waals surface area contributed by atoms with Gasteiger partial charge in [0.2, 0.25) is 0 Å². The molecule has 1 fully saturated rings. The quantitative estimate of drug-likeness (QED) is 0.789. The summed E-state index contributed by atoms with van der Waals surface area (Å²) < 4.78 is 0. The van der Waals surface area contributed by atoms with Crippen molar-refractivity contribution in [2.45, 2.75) is 0 Å². The van der Waals surface area contributed by atoms with Crippen LogP contribution in [0.15, 0.2) is 54.9 Å². The van der Waals surface area contributed by atoms with E-state index in [-0.39, 0.29) is 5.91 Å². The Hall–Kier alpha value is -3.15. The van der Waals surface area contributed by atoms with E-state index in [9.17, 15) is 4.79 Å². The van der Waals surface area contributed by atoms with Crippen molar-refractivity contribution in [2.24, 2.45) is 0 Å². The first-order chi connectivity index (χ1) is 12.8. The molecule has 0 atom stereocenters. The van der Waals surface area contributed by atoms with Crippen molar-refractivity contribution < 1.29 is 4.79 Å². The van der Waals surface area contributed by atoms with E-state index in [0.29, 0.717) is 13.1 Å². The second-order valence-electron chi connectivity index (χ2n) is 6.32. The van der Waals surface area contributed by atoms with Crippen LogP contribution < -0.4 is 10.2 Å². The third-order valence-corrected chi connectivity index (χ3v) is 4.82. The van der Waals surface area contributed by atoms with Gasteiger partial charge in [-0.15, -0.1) is 0 Å². The summed E-state index contributed by atoms with van der Waals surface area (Å²) in [6.07, 6.45) is 1.56. The summed E-state index contributed by atoms with van der Waals surface area (Å²) in [5.41, 5.74) is 0.774. The summed E-state index contributed by atoms with van der Waals surface area (Å²) in [5, 5.41) is 5.14. The molecule has 0 unspecified atom stereocenters. The Morgan fingerprint density at radius 3 is 2.58 bits per heavy atom. The number of carbonyl (C=O) groups excluding carboxylic acids is 1. The minimum atomic E-state index is 0.0973. The molecule has 3 aromatic rings. The van der Waals surface area contributed by atoms with Crippen LogP contribution in [0, 0.1) is 0 Å². The Bertz CT molecular complexity index is 929. The third kappa shape index (κ3) is 3.06. The van der Waals surface area contributed by atoms with Gasteiger partial charge in [0.1, 0.15) is 18.0 Å². The summed E-state index contributed by atoms with van der Waals surface area (Å²) in [5.74, 6) is 1.78. The Morgan fingerprint density at radius 1 is 1.00 bits per heavy atom. The first-order valence-corrected chi connectivity index (χ1v) is 8.78. The predicted octanol–water partition coefficient (Wildman–Crippen LogP) is 2.63. The van der Waals surface area contributed by atoms with Gasteiger partial charge in [-0.2, -0.15) is 0 Å². The number of anilines is 2. The molecule has 132 valence electrons. The van der Waals surface area contributed by atoms with E-state index in [1.807, 2.05) is 60.5 Å². The second-order valence-corrected chi connectivity index (χ2v) is 6.32. The van der Waals surface area contributed by atoms with Crippen LogP contribution in [-0.2, 0) is 0 Å². The summed E-state index contributed by atoms with van der Waals surface area (Å²) in [6.45, 7) is 2.88. The topological polar surface area (TPSA) is 61.4 Å². The van der Waals surface area contributed by atoms with Gasteiger partial charge in [0.05, 0.1) is 0 Å². The SMILES string of the molecule is CNc1cc(N2CCN(C(=O)c3cccc4ccccc34)CC2)ncn1. The van der Waals surface area contributed by atoms with Crippen LogP contribution in [0.5, 0.6) is 0 Å². The second kappa shape index (κ2) is 7.00. The van der Waals surface area contributed by atoms with Crippen molar-refractivity contribution >= 4 is 28.3 Å². The van der Waals surface area contributed by atoms with Crippen LogP contribution in [0.4, 0.5) is 11.6 Å². The molecule has 6 heteroatoms. The largest absolute Gasteiger partial charge is 0.373 e. The Labute approximate surface area is 152 Å². The predicted molar refractivity (Wildman–Crippen MR) is 104 cm³/mol. The van der Waals surface area contributed by atoms with Gasteiger partial charge in [-0.3, -0.25) is 4.79 Å². The van der Waals surface area contributed by atoms with Crippen molar-refractivity contribution in [1.29, 1.82) is 0 Å². The third-order valence-electron chi connectivity index (χ3n) is 4.82. The lowest BCUT2D eigenvalue weighted by Crippen LogP contribution is -2.49. The van der Waals surface area contributed by atoms with E-state index in [1.165, 1.54) is 0 Å². The van der Waals surface area contributed by atoms with E-state index in [1.54, 1.807) is 6.33 Å². The zero-order valence-corrected chi connectivity index (χ0v) is 14.7. The number of benzene rings is 2. The van der Waals surface area contributed by atoms with E-state index >= 15 is 0 Å². The lowest BCUT2D eigenvalue weighted by atomic mass is 10.0. The number of piperazine rings is 1. The minimum absolute atomic E-state index is 0.0973. The maximum Gasteiger partial charge on any atom is 0.254 e. The Kier molecular flexibility index (Phi) is 4.39. The molecular formula is C20H21N5O. The summed E-state index contributed by atoms with van der Waals surface area (Å²) >= 11 is 0. The molecule has 0 saturated carbocycles. The molecule has 0 bridgehead atoms. The maximum absolute atomic E-state index is 13.0. The van der Waals surface area contributed by atoms with Crippen molar-refractivity contribution in [1.82, 2.24) is 14.9 Å². The van der Waals surface area contributed by atoms with Crippen molar-refractivity contribution in [3.8, 4) is 0 Å². The molecule has 0 spiro atoms. The standard InChI is InChI=1S/C20H21N5O/c1-21-18-13-19(23-14-22-18)24-9-11-25(12-10-24)20(26)17-8-4-6-15-5-2-3-7-16(15)17/h2-8,13-14H,9-12H2,1H3,(H,21,22,23). The molecule has 1 saturated heterocycles. The highest BCUT2D eigenvalue weighted by Crippen LogP contribution is 2.22. The first-order valence-electron chi connectivity index (χ1n) is 8.78. The van der Waals surface area contributed by atoms with Gasteiger partial charge >= 0.3 is 0 Å². The van der Waals surface area contributed by atoms with Crippen LogP contribution in [-0.4, -0.2) is 54.0 Å². The maximum atomic E-state index is 13.0. The van der Waals surface area contributed by atoms with Gasteiger partial charge in [0.25, 0.3) is 5.91 Å². The van der Waals surface area contributed by atoms with Crippen LogP contribution >= 0.6 is 0 Å². The highest BCUT2D eigenvalue weighted by molar-refractivity contribution is 6.07. The number of amides is 1. The molecule has 1 aliphatic heterocycles. The van der Waals surface area contributed by atoms with Crippen LogP contribution in [0.25, 0.3) is 10.8 Å². The normalized spacial score (nSPS) is 14.5. The van der Waals surface area contributed by atoms with Gasteiger partial charge in [-0.1, -0.05) is 36.4 Å². The zero-order chi connectivity index (χ0) is 17.9. The number of aromatic nitrogens is 2. The Balaban J connectivity index is 1.50.